The van der Waals surface area contributed by atoms with Crippen molar-refractivity contribution in [2.45, 2.75) is 25.8 Å². The van der Waals surface area contributed by atoms with Gasteiger partial charge < -0.3 is 20.5 Å². The van der Waals surface area contributed by atoms with Gasteiger partial charge in [-0.3, -0.25) is 0 Å². The van der Waals surface area contributed by atoms with E-state index in [9.17, 15) is 5.11 Å². The first-order valence-corrected chi connectivity index (χ1v) is 4.25. The molecule has 0 radical (unpaired) electrons. The molecule has 2 atom stereocenters. The van der Waals surface area contributed by atoms with Crippen molar-refractivity contribution in [1.29, 1.82) is 0 Å². The molecular formula is C7H14N2O2S. The van der Waals surface area contributed by atoms with Crippen LogP contribution >= 0.6 is 12.2 Å². The van der Waals surface area contributed by atoms with Gasteiger partial charge in [0.2, 0.25) is 0 Å². The van der Waals surface area contributed by atoms with Gasteiger partial charge >= 0.3 is 0 Å². The number of hydrogen-bond acceptors (Lipinski definition) is 3. The van der Waals surface area contributed by atoms with Gasteiger partial charge in [-0.2, -0.15) is 0 Å². The van der Waals surface area contributed by atoms with Crippen molar-refractivity contribution in [3.8, 4) is 0 Å². The van der Waals surface area contributed by atoms with Gasteiger partial charge in [0.15, 0.2) is 17.1 Å². The lowest BCUT2D eigenvalue weighted by molar-refractivity contribution is -0.120. The van der Waals surface area contributed by atoms with Crippen LogP contribution in [-0.4, -0.2) is 29.3 Å². The molecule has 1 heterocycles. The molecule has 0 amide bonds. The Labute approximate surface area is 77.3 Å². The van der Waals surface area contributed by atoms with E-state index >= 15 is 0 Å². The fourth-order valence-electron chi connectivity index (χ4n) is 1.20. The molecule has 70 valence electrons. The number of rotatable bonds is 2. The van der Waals surface area contributed by atoms with Crippen LogP contribution in [0.15, 0.2) is 0 Å². The molecule has 1 saturated heterocycles. The van der Waals surface area contributed by atoms with Crippen molar-refractivity contribution in [2.75, 3.05) is 7.11 Å². The monoisotopic (exact) mass is 190 g/mol. The predicted molar refractivity (Wildman–Crippen MR) is 49.5 cm³/mol. The first-order chi connectivity index (χ1) is 5.50. The average molecular weight is 190 g/mol. The van der Waals surface area contributed by atoms with Crippen LogP contribution in [0.5, 0.6) is 0 Å². The molecule has 0 saturated carbocycles. The second kappa shape index (κ2) is 3.16. The van der Waals surface area contributed by atoms with Crippen molar-refractivity contribution < 1.29 is 9.84 Å². The molecule has 0 aromatic rings. The first-order valence-electron chi connectivity index (χ1n) is 3.84. The van der Waals surface area contributed by atoms with Crippen molar-refractivity contribution >= 4 is 17.3 Å². The molecule has 1 fully saturated rings. The molecule has 5 heteroatoms. The zero-order chi connectivity index (χ0) is 9.35. The second-order valence-electron chi connectivity index (χ2n) is 3.19. The third-order valence-electron chi connectivity index (χ3n) is 2.09. The molecule has 0 aromatic carbocycles. The Kier molecular flexibility index (Phi) is 2.55. The molecule has 0 aliphatic carbocycles. The summed E-state index contributed by atoms with van der Waals surface area (Å²) in [4.78, 5) is 0. The molecule has 0 spiro atoms. The van der Waals surface area contributed by atoms with Crippen LogP contribution in [-0.2, 0) is 4.74 Å². The van der Waals surface area contributed by atoms with Crippen molar-refractivity contribution in [3.05, 3.63) is 0 Å². The lowest BCUT2D eigenvalue weighted by Gasteiger charge is -2.31. The van der Waals surface area contributed by atoms with E-state index in [2.05, 4.69) is 10.6 Å². The molecule has 1 rings (SSSR count). The van der Waals surface area contributed by atoms with E-state index in [-0.39, 0.29) is 5.92 Å². The van der Waals surface area contributed by atoms with E-state index in [1.807, 2.05) is 13.8 Å². The summed E-state index contributed by atoms with van der Waals surface area (Å²) in [5, 5.41) is 16.0. The van der Waals surface area contributed by atoms with Gasteiger partial charge in [0.1, 0.15) is 0 Å². The van der Waals surface area contributed by atoms with Gasteiger partial charge in [0.25, 0.3) is 0 Å². The SMILES string of the molecule is COC1NC(=S)NC1(O)C(C)C. The summed E-state index contributed by atoms with van der Waals surface area (Å²) < 4.78 is 5.05. The molecule has 0 aromatic heterocycles. The maximum absolute atomic E-state index is 10.0. The maximum atomic E-state index is 10.0. The highest BCUT2D eigenvalue weighted by atomic mass is 32.1. The number of hydrogen-bond donors (Lipinski definition) is 3. The Morgan fingerprint density at radius 2 is 2.25 bits per heavy atom. The summed E-state index contributed by atoms with van der Waals surface area (Å²) in [5.41, 5.74) is -1.09. The van der Waals surface area contributed by atoms with Crippen LogP contribution in [0.3, 0.4) is 0 Å². The van der Waals surface area contributed by atoms with E-state index in [0.29, 0.717) is 5.11 Å². The third kappa shape index (κ3) is 1.39. The number of aliphatic hydroxyl groups is 1. The van der Waals surface area contributed by atoms with Gasteiger partial charge in [0, 0.05) is 13.0 Å². The second-order valence-corrected chi connectivity index (χ2v) is 3.60. The van der Waals surface area contributed by atoms with Crippen LogP contribution in [0.25, 0.3) is 0 Å². The number of ether oxygens (including phenoxy) is 1. The van der Waals surface area contributed by atoms with Gasteiger partial charge in [0.05, 0.1) is 0 Å². The minimum Gasteiger partial charge on any atom is -0.367 e. The standard InChI is InChI=1S/C7H14N2O2S/c1-4(2)7(10)5(11-3)8-6(12)9-7/h4-5,10H,1-3H3,(H2,8,9,12). The van der Waals surface area contributed by atoms with Crippen LogP contribution in [0.1, 0.15) is 13.8 Å². The smallest absolute Gasteiger partial charge is 0.185 e. The Morgan fingerprint density at radius 3 is 2.58 bits per heavy atom. The molecule has 12 heavy (non-hydrogen) atoms. The fourth-order valence-corrected chi connectivity index (χ4v) is 1.47. The minimum atomic E-state index is -1.09. The molecule has 2 unspecified atom stereocenters. The third-order valence-corrected chi connectivity index (χ3v) is 2.31. The van der Waals surface area contributed by atoms with Crippen molar-refractivity contribution in [3.63, 3.8) is 0 Å². The molecular weight excluding hydrogens is 176 g/mol. The van der Waals surface area contributed by atoms with Crippen LogP contribution < -0.4 is 10.6 Å². The Hall–Kier alpha value is -0.390. The quantitative estimate of drug-likeness (QED) is 0.526. The highest BCUT2D eigenvalue weighted by Gasteiger charge is 2.46. The normalized spacial score (nSPS) is 35.1. The number of thiocarbonyl (C=S) groups is 1. The Bertz CT molecular complexity index is 198. The predicted octanol–water partition coefficient (Wildman–Crippen LogP) is -0.219. The first kappa shape index (κ1) is 9.70. The van der Waals surface area contributed by atoms with Gasteiger partial charge in [-0.25, -0.2) is 0 Å². The van der Waals surface area contributed by atoms with E-state index in [1.165, 1.54) is 7.11 Å². The Balaban J connectivity index is 2.81. The van der Waals surface area contributed by atoms with E-state index < -0.39 is 12.0 Å². The van der Waals surface area contributed by atoms with Gasteiger partial charge in [-0.05, 0) is 12.2 Å². The molecule has 1 aliphatic heterocycles. The fraction of sp³-hybridized carbons (Fsp3) is 0.857. The van der Waals surface area contributed by atoms with E-state index in [0.717, 1.165) is 0 Å². The lowest BCUT2D eigenvalue weighted by atomic mass is 9.99. The summed E-state index contributed by atoms with van der Waals surface area (Å²) in [6.45, 7) is 3.79. The minimum absolute atomic E-state index is 0.0235. The number of methoxy groups -OCH3 is 1. The van der Waals surface area contributed by atoms with Gasteiger partial charge in [-0.1, -0.05) is 13.8 Å². The van der Waals surface area contributed by atoms with Crippen LogP contribution in [0.2, 0.25) is 0 Å². The largest absolute Gasteiger partial charge is 0.367 e. The van der Waals surface area contributed by atoms with Gasteiger partial charge in [-0.15, -0.1) is 0 Å². The van der Waals surface area contributed by atoms with E-state index in [4.69, 9.17) is 17.0 Å². The molecule has 1 aliphatic rings. The zero-order valence-electron chi connectivity index (χ0n) is 7.42. The Morgan fingerprint density at radius 1 is 1.67 bits per heavy atom. The highest BCUT2D eigenvalue weighted by molar-refractivity contribution is 7.80. The summed E-state index contributed by atoms with van der Waals surface area (Å²) in [6, 6.07) is 0. The number of nitrogens with one attached hydrogen (secondary N) is 2. The lowest BCUT2D eigenvalue weighted by Crippen LogP contribution is -2.54. The topological polar surface area (TPSA) is 53.5 Å². The van der Waals surface area contributed by atoms with Crippen LogP contribution in [0, 0.1) is 5.92 Å². The highest BCUT2D eigenvalue weighted by Crippen LogP contribution is 2.22. The average Bonchev–Trinajstić information content (AvgIpc) is 2.27. The maximum Gasteiger partial charge on any atom is 0.185 e. The summed E-state index contributed by atoms with van der Waals surface area (Å²) in [7, 11) is 1.53. The van der Waals surface area contributed by atoms with Crippen molar-refractivity contribution in [2.24, 2.45) is 5.92 Å². The summed E-state index contributed by atoms with van der Waals surface area (Å²) in [6.07, 6.45) is -0.468. The van der Waals surface area contributed by atoms with Crippen molar-refractivity contribution in [1.82, 2.24) is 10.6 Å². The summed E-state index contributed by atoms with van der Waals surface area (Å²) in [5.74, 6) is 0.0235. The molecule has 3 N–H and O–H groups in total. The summed E-state index contributed by atoms with van der Waals surface area (Å²) >= 11 is 4.87. The zero-order valence-corrected chi connectivity index (χ0v) is 8.23. The molecule has 4 nitrogen and oxygen atoms in total. The molecule has 0 bridgehead atoms. The van der Waals surface area contributed by atoms with Crippen LogP contribution in [0.4, 0.5) is 0 Å². The van der Waals surface area contributed by atoms with E-state index in [1.54, 1.807) is 0 Å².